The summed E-state index contributed by atoms with van der Waals surface area (Å²) in [6.45, 7) is -0.437. The molecule has 0 heterocycles. The summed E-state index contributed by atoms with van der Waals surface area (Å²) in [6, 6.07) is 5.88. The number of carbonyl (C=O) groups is 2. The van der Waals surface area contributed by atoms with Gasteiger partial charge in [-0.15, -0.1) is 0 Å². The zero-order valence-corrected chi connectivity index (χ0v) is 17.1. The average molecular weight is 451 g/mol. The Morgan fingerprint density at radius 3 is 2.54 bits per heavy atom. The van der Waals surface area contributed by atoms with Crippen LogP contribution < -0.4 is 5.32 Å². The van der Waals surface area contributed by atoms with Crippen LogP contribution >= 0.6 is 15.9 Å². The fourth-order valence-electron chi connectivity index (χ4n) is 5.97. The molecule has 7 nitrogen and oxygen atoms in total. The molecule has 4 saturated carbocycles. The first-order chi connectivity index (χ1) is 13.3. The fraction of sp³-hybridized carbons (Fsp3) is 0.600. The molecule has 5 rings (SSSR count). The van der Waals surface area contributed by atoms with Crippen LogP contribution in [0.25, 0.3) is 0 Å². The third-order valence-corrected chi connectivity index (χ3v) is 7.30. The van der Waals surface area contributed by atoms with E-state index in [0.717, 1.165) is 19.3 Å². The Morgan fingerprint density at radius 1 is 1.21 bits per heavy atom. The highest BCUT2D eigenvalue weighted by Gasteiger charge is 2.57. The fourth-order valence-corrected chi connectivity index (χ4v) is 7.48. The lowest BCUT2D eigenvalue weighted by atomic mass is 9.49. The molecule has 28 heavy (non-hydrogen) atoms. The molecule has 4 fully saturated rings. The topological polar surface area (TPSA) is 98.5 Å². The summed E-state index contributed by atoms with van der Waals surface area (Å²) in [6.07, 6.45) is 7.11. The van der Waals surface area contributed by atoms with Crippen molar-refractivity contribution < 1.29 is 19.2 Å². The van der Waals surface area contributed by atoms with E-state index in [1.165, 1.54) is 37.5 Å². The number of carbonyl (C=O) groups excluding carboxylic acids is 2. The molecular weight excluding hydrogens is 428 g/mol. The zero-order chi connectivity index (χ0) is 19.9. The summed E-state index contributed by atoms with van der Waals surface area (Å²) >= 11 is 3.93. The molecule has 1 aromatic carbocycles. The minimum Gasteiger partial charge on any atom is -0.456 e. The highest BCUT2D eigenvalue weighted by atomic mass is 79.9. The normalized spacial score (nSPS) is 32.8. The summed E-state index contributed by atoms with van der Waals surface area (Å²) in [5.41, 5.74) is -0.117. The van der Waals surface area contributed by atoms with E-state index in [1.54, 1.807) is 6.07 Å². The SMILES string of the molecule is O=C(COC(=O)CC12CC3CC(CC(Br)(C3)C1)C2)Nc1ccccc1[N+](=O)[O-]. The molecule has 4 aliphatic rings. The van der Waals surface area contributed by atoms with Crippen LogP contribution in [0.4, 0.5) is 11.4 Å². The van der Waals surface area contributed by atoms with Crippen LogP contribution in [0, 0.1) is 27.4 Å². The van der Waals surface area contributed by atoms with Crippen LogP contribution in [-0.4, -0.2) is 27.7 Å². The molecule has 1 aromatic rings. The Hall–Kier alpha value is -1.96. The van der Waals surface area contributed by atoms with Crippen molar-refractivity contribution in [3.63, 3.8) is 0 Å². The van der Waals surface area contributed by atoms with E-state index in [1.807, 2.05) is 0 Å². The van der Waals surface area contributed by atoms with Crippen molar-refractivity contribution in [3.8, 4) is 0 Å². The molecule has 0 aliphatic heterocycles. The lowest BCUT2D eigenvalue weighted by Gasteiger charge is -2.60. The predicted octanol–water partition coefficient (Wildman–Crippen LogP) is 4.20. The van der Waals surface area contributed by atoms with Gasteiger partial charge in [-0.3, -0.25) is 19.7 Å². The van der Waals surface area contributed by atoms with Crippen LogP contribution in [0.3, 0.4) is 0 Å². The number of ether oxygens (including phenoxy) is 1. The minimum atomic E-state index is -0.579. The van der Waals surface area contributed by atoms with Crippen LogP contribution in [0.2, 0.25) is 0 Å². The van der Waals surface area contributed by atoms with E-state index in [4.69, 9.17) is 4.74 Å². The second-order valence-electron chi connectivity index (χ2n) is 8.77. The number of nitrogens with zero attached hydrogens (tertiary/aromatic N) is 1. The van der Waals surface area contributed by atoms with E-state index in [2.05, 4.69) is 21.2 Å². The van der Waals surface area contributed by atoms with Gasteiger partial charge in [-0.1, -0.05) is 28.1 Å². The third kappa shape index (κ3) is 3.92. The van der Waals surface area contributed by atoms with Crippen molar-refractivity contribution in [2.75, 3.05) is 11.9 Å². The molecular formula is C20H23BrN2O5. The highest BCUT2D eigenvalue weighted by Crippen LogP contribution is 2.65. The maximum Gasteiger partial charge on any atom is 0.306 e. The van der Waals surface area contributed by atoms with Gasteiger partial charge >= 0.3 is 5.97 Å². The third-order valence-electron chi connectivity index (χ3n) is 6.37. The molecule has 150 valence electrons. The van der Waals surface area contributed by atoms with E-state index in [0.29, 0.717) is 18.3 Å². The number of halogens is 1. The molecule has 1 N–H and O–H groups in total. The number of rotatable bonds is 6. The first-order valence-corrected chi connectivity index (χ1v) is 10.4. The number of hydrogen-bond donors (Lipinski definition) is 1. The van der Waals surface area contributed by atoms with Crippen molar-refractivity contribution in [1.82, 2.24) is 0 Å². The number of para-hydroxylation sites is 2. The second kappa shape index (κ2) is 7.13. The lowest BCUT2D eigenvalue weighted by molar-refractivity contribution is -0.383. The van der Waals surface area contributed by atoms with Gasteiger partial charge in [0.15, 0.2) is 6.61 Å². The van der Waals surface area contributed by atoms with Crippen LogP contribution in [0.5, 0.6) is 0 Å². The smallest absolute Gasteiger partial charge is 0.306 e. The van der Waals surface area contributed by atoms with Crippen molar-refractivity contribution in [2.45, 2.75) is 49.3 Å². The summed E-state index contributed by atoms with van der Waals surface area (Å²) in [5, 5.41) is 13.5. The monoisotopic (exact) mass is 450 g/mol. The molecule has 0 spiro atoms. The van der Waals surface area contributed by atoms with Gasteiger partial charge in [-0.25, -0.2) is 0 Å². The maximum absolute atomic E-state index is 12.4. The molecule has 2 atom stereocenters. The molecule has 4 bridgehead atoms. The van der Waals surface area contributed by atoms with Gasteiger partial charge in [-0.2, -0.15) is 0 Å². The Kier molecular flexibility index (Phi) is 4.93. The van der Waals surface area contributed by atoms with Crippen molar-refractivity contribution in [3.05, 3.63) is 34.4 Å². The van der Waals surface area contributed by atoms with E-state index < -0.39 is 17.4 Å². The Bertz CT molecular complexity index is 813. The molecule has 0 aromatic heterocycles. The number of nitrogens with one attached hydrogen (secondary N) is 1. The summed E-state index contributed by atoms with van der Waals surface area (Å²) < 4.78 is 5.38. The highest BCUT2D eigenvalue weighted by molar-refractivity contribution is 9.10. The van der Waals surface area contributed by atoms with E-state index in [-0.39, 0.29) is 27.1 Å². The number of hydrogen-bond acceptors (Lipinski definition) is 5. The van der Waals surface area contributed by atoms with E-state index >= 15 is 0 Å². The molecule has 0 radical (unpaired) electrons. The number of nitro groups is 1. The number of nitro benzene ring substituents is 1. The minimum absolute atomic E-state index is 0.0145. The van der Waals surface area contributed by atoms with Crippen LogP contribution in [0.15, 0.2) is 24.3 Å². The van der Waals surface area contributed by atoms with Gasteiger partial charge in [0.1, 0.15) is 5.69 Å². The first kappa shape index (κ1) is 19.4. The number of anilines is 1. The zero-order valence-electron chi connectivity index (χ0n) is 15.5. The number of esters is 1. The van der Waals surface area contributed by atoms with Crippen LogP contribution in [-0.2, 0) is 14.3 Å². The maximum atomic E-state index is 12.4. The Morgan fingerprint density at radius 2 is 1.89 bits per heavy atom. The Labute approximate surface area is 171 Å². The van der Waals surface area contributed by atoms with Gasteiger partial charge < -0.3 is 10.1 Å². The molecule has 2 unspecified atom stereocenters. The number of benzene rings is 1. The van der Waals surface area contributed by atoms with Crippen LogP contribution in [0.1, 0.15) is 44.9 Å². The number of amides is 1. The molecule has 8 heteroatoms. The van der Waals surface area contributed by atoms with Gasteiger partial charge in [-0.05, 0) is 61.8 Å². The van der Waals surface area contributed by atoms with Crippen molar-refractivity contribution in [1.29, 1.82) is 0 Å². The van der Waals surface area contributed by atoms with Gasteiger partial charge in [0, 0.05) is 10.4 Å². The van der Waals surface area contributed by atoms with Gasteiger partial charge in [0.05, 0.1) is 11.3 Å². The summed E-state index contributed by atoms with van der Waals surface area (Å²) in [7, 11) is 0. The van der Waals surface area contributed by atoms with Crippen molar-refractivity contribution >= 4 is 39.2 Å². The first-order valence-electron chi connectivity index (χ1n) is 9.64. The molecule has 1 amide bonds. The summed E-state index contributed by atoms with van der Waals surface area (Å²) in [5.74, 6) is 0.409. The largest absolute Gasteiger partial charge is 0.456 e. The quantitative estimate of drug-likeness (QED) is 0.303. The lowest BCUT2D eigenvalue weighted by Crippen LogP contribution is -2.53. The molecule has 0 saturated heterocycles. The number of alkyl halides is 1. The van der Waals surface area contributed by atoms with E-state index in [9.17, 15) is 19.7 Å². The average Bonchev–Trinajstić information content (AvgIpc) is 2.57. The van der Waals surface area contributed by atoms with Gasteiger partial charge in [0.25, 0.3) is 11.6 Å². The Balaban J connectivity index is 1.32. The second-order valence-corrected chi connectivity index (χ2v) is 10.5. The standard InChI is InChI=1S/C20H23BrN2O5/c21-20-8-13-5-14(9-20)7-19(6-13,12-20)10-18(25)28-11-17(24)22-15-3-1-2-4-16(15)23(26)27/h1-4,13-14H,5-12H2,(H,22,24). The summed E-state index contributed by atoms with van der Waals surface area (Å²) in [4.78, 5) is 35.0. The predicted molar refractivity (Wildman–Crippen MR) is 106 cm³/mol. The molecule has 4 aliphatic carbocycles. The van der Waals surface area contributed by atoms with Crippen molar-refractivity contribution in [2.24, 2.45) is 17.3 Å². The van der Waals surface area contributed by atoms with Gasteiger partial charge in [0.2, 0.25) is 0 Å².